The molecule has 1 aliphatic heterocycles. The van der Waals surface area contributed by atoms with E-state index in [1.807, 2.05) is 13.0 Å². The van der Waals surface area contributed by atoms with E-state index in [4.69, 9.17) is 4.74 Å². The van der Waals surface area contributed by atoms with Crippen molar-refractivity contribution in [2.24, 2.45) is 0 Å². The maximum atomic E-state index is 13.4. The van der Waals surface area contributed by atoms with Gasteiger partial charge in [-0.15, -0.1) is 0 Å². The summed E-state index contributed by atoms with van der Waals surface area (Å²) in [5, 5.41) is 3.45. The number of rotatable bonds is 8. The summed E-state index contributed by atoms with van der Waals surface area (Å²) in [4.78, 5) is 2.30. The van der Waals surface area contributed by atoms with Crippen LogP contribution in [0.5, 0.6) is 0 Å². The van der Waals surface area contributed by atoms with Gasteiger partial charge < -0.3 is 15.0 Å². The van der Waals surface area contributed by atoms with Crippen molar-refractivity contribution in [3.63, 3.8) is 0 Å². The molecule has 0 amide bonds. The van der Waals surface area contributed by atoms with E-state index in [1.165, 1.54) is 5.56 Å². The Morgan fingerprint density at radius 3 is 3.10 bits per heavy atom. The van der Waals surface area contributed by atoms with Crippen molar-refractivity contribution in [1.29, 1.82) is 0 Å². The molecule has 1 unspecified atom stereocenters. The van der Waals surface area contributed by atoms with Crippen LogP contribution in [0.2, 0.25) is 0 Å². The molecule has 3 nitrogen and oxygen atoms in total. The van der Waals surface area contributed by atoms with Crippen LogP contribution in [0.25, 0.3) is 0 Å². The van der Waals surface area contributed by atoms with Crippen molar-refractivity contribution in [3.05, 3.63) is 29.6 Å². The summed E-state index contributed by atoms with van der Waals surface area (Å²) in [6.07, 6.45) is 2.05. The van der Waals surface area contributed by atoms with Gasteiger partial charge in [0, 0.05) is 38.0 Å². The highest BCUT2D eigenvalue weighted by molar-refractivity contribution is 5.58. The smallest absolute Gasteiger partial charge is 0.125 e. The topological polar surface area (TPSA) is 24.5 Å². The van der Waals surface area contributed by atoms with Gasteiger partial charge in [-0.1, -0.05) is 6.07 Å². The molecule has 1 N–H and O–H groups in total. The number of nitrogens with one attached hydrogen (secondary N) is 1. The molecule has 112 valence electrons. The molecule has 0 saturated heterocycles. The monoisotopic (exact) mass is 280 g/mol. The Kier molecular flexibility index (Phi) is 5.80. The second-order valence-electron chi connectivity index (χ2n) is 5.32. The zero-order valence-corrected chi connectivity index (χ0v) is 12.5. The van der Waals surface area contributed by atoms with Crippen molar-refractivity contribution in [2.75, 3.05) is 37.7 Å². The Balaban J connectivity index is 1.77. The van der Waals surface area contributed by atoms with Gasteiger partial charge >= 0.3 is 0 Å². The standard InChI is InChI=1S/C16H25FN2O/c1-3-20-10-4-8-18-12-13(2)19-9-7-14-5-6-15(17)11-16(14)19/h5-6,11,13,18H,3-4,7-10,12H2,1-2H3. The Hall–Kier alpha value is -1.13. The molecule has 0 saturated carbocycles. The van der Waals surface area contributed by atoms with Crippen molar-refractivity contribution < 1.29 is 9.13 Å². The van der Waals surface area contributed by atoms with E-state index in [-0.39, 0.29) is 5.82 Å². The van der Waals surface area contributed by atoms with Gasteiger partial charge in [0.25, 0.3) is 0 Å². The largest absolute Gasteiger partial charge is 0.382 e. The van der Waals surface area contributed by atoms with Crippen LogP contribution in [0.3, 0.4) is 0 Å². The van der Waals surface area contributed by atoms with Gasteiger partial charge in [-0.2, -0.15) is 0 Å². The summed E-state index contributed by atoms with van der Waals surface area (Å²) in [7, 11) is 0. The number of hydrogen-bond acceptors (Lipinski definition) is 3. The molecule has 0 bridgehead atoms. The second-order valence-corrected chi connectivity index (χ2v) is 5.32. The quantitative estimate of drug-likeness (QED) is 0.741. The molecule has 2 rings (SSSR count). The maximum absolute atomic E-state index is 13.4. The van der Waals surface area contributed by atoms with Crippen molar-refractivity contribution in [2.45, 2.75) is 32.7 Å². The Bertz CT molecular complexity index is 425. The van der Waals surface area contributed by atoms with E-state index in [0.29, 0.717) is 6.04 Å². The third kappa shape index (κ3) is 3.93. The summed E-state index contributed by atoms with van der Waals surface area (Å²) in [5.74, 6) is -0.146. The molecule has 0 aliphatic carbocycles. The number of hydrogen-bond donors (Lipinski definition) is 1. The van der Waals surface area contributed by atoms with Gasteiger partial charge in [0.15, 0.2) is 0 Å². The van der Waals surface area contributed by atoms with Crippen LogP contribution >= 0.6 is 0 Å². The molecular weight excluding hydrogens is 255 g/mol. The third-order valence-corrected chi connectivity index (χ3v) is 3.80. The molecule has 1 aromatic carbocycles. The van der Waals surface area contributed by atoms with Crippen LogP contribution in [-0.4, -0.2) is 38.9 Å². The zero-order chi connectivity index (χ0) is 14.4. The minimum Gasteiger partial charge on any atom is -0.382 e. The Morgan fingerprint density at radius 2 is 2.30 bits per heavy atom. The lowest BCUT2D eigenvalue weighted by atomic mass is 10.1. The highest BCUT2D eigenvalue weighted by Gasteiger charge is 2.23. The number of ether oxygens (including phenoxy) is 1. The highest BCUT2D eigenvalue weighted by atomic mass is 19.1. The molecule has 1 heterocycles. The number of benzene rings is 1. The van der Waals surface area contributed by atoms with Crippen LogP contribution < -0.4 is 10.2 Å². The predicted octanol–water partition coefficient (Wildman–Crippen LogP) is 2.59. The van der Waals surface area contributed by atoms with Gasteiger partial charge in [-0.25, -0.2) is 4.39 Å². The molecule has 1 atom stereocenters. The van der Waals surface area contributed by atoms with Crippen LogP contribution in [0, 0.1) is 5.82 Å². The molecule has 0 radical (unpaired) electrons. The second kappa shape index (κ2) is 7.60. The lowest BCUT2D eigenvalue weighted by Crippen LogP contribution is -2.40. The van der Waals surface area contributed by atoms with E-state index in [0.717, 1.165) is 51.4 Å². The zero-order valence-electron chi connectivity index (χ0n) is 12.5. The van der Waals surface area contributed by atoms with Crippen molar-refractivity contribution >= 4 is 5.69 Å². The highest BCUT2D eigenvalue weighted by Crippen LogP contribution is 2.30. The van der Waals surface area contributed by atoms with Crippen LogP contribution in [0.1, 0.15) is 25.8 Å². The fraction of sp³-hybridized carbons (Fsp3) is 0.625. The molecule has 1 aromatic rings. The van der Waals surface area contributed by atoms with Gasteiger partial charge in [0.05, 0.1) is 0 Å². The average Bonchev–Trinajstić information content (AvgIpc) is 2.85. The summed E-state index contributed by atoms with van der Waals surface area (Å²) >= 11 is 0. The third-order valence-electron chi connectivity index (χ3n) is 3.80. The SMILES string of the molecule is CCOCCCNCC(C)N1CCc2ccc(F)cc21. The molecule has 0 spiro atoms. The van der Waals surface area contributed by atoms with Gasteiger partial charge in [0.1, 0.15) is 5.82 Å². The molecule has 0 aromatic heterocycles. The van der Waals surface area contributed by atoms with Crippen LogP contribution in [0.15, 0.2) is 18.2 Å². The first-order valence-corrected chi connectivity index (χ1v) is 7.56. The first-order valence-electron chi connectivity index (χ1n) is 7.56. The lowest BCUT2D eigenvalue weighted by molar-refractivity contribution is 0.144. The van der Waals surface area contributed by atoms with E-state index >= 15 is 0 Å². The average molecular weight is 280 g/mol. The summed E-state index contributed by atoms with van der Waals surface area (Å²) < 4.78 is 18.7. The number of nitrogens with zero attached hydrogens (tertiary/aromatic N) is 1. The molecular formula is C16H25FN2O. The van der Waals surface area contributed by atoms with Gasteiger partial charge in [-0.3, -0.25) is 0 Å². The fourth-order valence-electron chi connectivity index (χ4n) is 2.70. The molecule has 1 aliphatic rings. The minimum absolute atomic E-state index is 0.146. The van der Waals surface area contributed by atoms with E-state index < -0.39 is 0 Å². The van der Waals surface area contributed by atoms with E-state index in [2.05, 4.69) is 17.1 Å². The van der Waals surface area contributed by atoms with Gasteiger partial charge in [-0.05, 0) is 50.9 Å². The van der Waals surface area contributed by atoms with Crippen LogP contribution in [0.4, 0.5) is 10.1 Å². The van der Waals surface area contributed by atoms with Crippen molar-refractivity contribution in [3.8, 4) is 0 Å². The van der Waals surface area contributed by atoms with E-state index in [1.54, 1.807) is 12.1 Å². The maximum Gasteiger partial charge on any atom is 0.125 e. The van der Waals surface area contributed by atoms with Crippen molar-refractivity contribution in [1.82, 2.24) is 5.32 Å². The fourth-order valence-corrected chi connectivity index (χ4v) is 2.70. The molecule has 4 heteroatoms. The summed E-state index contributed by atoms with van der Waals surface area (Å²) in [6, 6.07) is 5.50. The summed E-state index contributed by atoms with van der Waals surface area (Å²) in [6.45, 7) is 8.67. The number of halogens is 1. The first-order chi connectivity index (χ1) is 9.72. The van der Waals surface area contributed by atoms with Gasteiger partial charge in [0.2, 0.25) is 0 Å². The normalized spacial score (nSPS) is 15.4. The van der Waals surface area contributed by atoms with E-state index in [9.17, 15) is 4.39 Å². The number of fused-ring (bicyclic) bond motifs is 1. The number of anilines is 1. The Morgan fingerprint density at radius 1 is 1.45 bits per heavy atom. The first kappa shape index (κ1) is 15.3. The van der Waals surface area contributed by atoms with Crippen LogP contribution in [-0.2, 0) is 11.2 Å². The summed E-state index contributed by atoms with van der Waals surface area (Å²) in [5.41, 5.74) is 2.32. The molecule has 0 fully saturated rings. The lowest BCUT2D eigenvalue weighted by Gasteiger charge is -2.27. The predicted molar refractivity (Wildman–Crippen MR) is 80.9 cm³/mol. The Labute approximate surface area is 121 Å². The minimum atomic E-state index is -0.146. The molecule has 20 heavy (non-hydrogen) atoms.